The molecule has 0 atom stereocenters. The predicted molar refractivity (Wildman–Crippen MR) is 48.0 cm³/mol. The van der Waals surface area contributed by atoms with Gasteiger partial charge in [-0.3, -0.25) is 0 Å². The topological polar surface area (TPSA) is 39.9 Å². The highest BCUT2D eigenvalue weighted by Gasteiger charge is 2.31. The van der Waals surface area contributed by atoms with Crippen molar-refractivity contribution in [2.75, 3.05) is 0 Å². The monoisotopic (exact) mass is 230 g/mol. The van der Waals surface area contributed by atoms with Gasteiger partial charge in [0.15, 0.2) is 0 Å². The maximum atomic E-state index is 12.0. The Morgan fingerprint density at radius 2 is 2.19 bits per heavy atom. The fourth-order valence-corrected chi connectivity index (χ4v) is 1.13. The van der Waals surface area contributed by atoms with Crippen LogP contribution in [-0.2, 0) is 0 Å². The van der Waals surface area contributed by atoms with Crippen LogP contribution in [0.3, 0.4) is 0 Å². The Kier molecular flexibility index (Phi) is 2.21. The normalized spacial score (nSPS) is 12.3. The lowest BCUT2D eigenvalue weighted by molar-refractivity contribution is -0.274. The zero-order chi connectivity index (χ0) is 12.5. The van der Waals surface area contributed by atoms with Crippen molar-refractivity contribution in [2.45, 2.75) is 6.36 Å². The largest absolute Gasteiger partial charge is 0.573 e. The molecule has 16 heavy (non-hydrogen) atoms. The summed E-state index contributed by atoms with van der Waals surface area (Å²) in [5.41, 5.74) is 0.331. The lowest BCUT2D eigenvalue weighted by Crippen LogP contribution is -2.17. The zero-order valence-corrected chi connectivity index (χ0v) is 7.77. The highest BCUT2D eigenvalue weighted by molar-refractivity contribution is 5.38. The number of rotatable bonds is 2. The van der Waals surface area contributed by atoms with Crippen LogP contribution in [0.2, 0.25) is 0 Å². The molecule has 4 nitrogen and oxygen atoms in total. The van der Waals surface area contributed by atoms with Crippen molar-refractivity contribution < 1.29 is 19.3 Å². The van der Waals surface area contributed by atoms with Crippen LogP contribution in [0.25, 0.3) is 5.69 Å². The minimum atomic E-state index is -4.73. The molecule has 0 radical (unpaired) electrons. The summed E-state index contributed by atoms with van der Waals surface area (Å²) in [6.07, 6.45) is -3.54. The van der Waals surface area contributed by atoms with Crippen LogP contribution in [0.1, 0.15) is 1.37 Å². The number of aromatic nitrogens is 3. The highest BCUT2D eigenvalue weighted by Crippen LogP contribution is 2.24. The standard InChI is InChI=1S/C9H6F3N3O/c10-9(11,12)16-8-3-1-2-7(6-8)15-5-4-13-14-15/h1-6H/i4D. The van der Waals surface area contributed by atoms with E-state index in [0.717, 1.165) is 6.07 Å². The van der Waals surface area contributed by atoms with Crippen molar-refractivity contribution in [3.8, 4) is 11.4 Å². The molecule has 1 aromatic carbocycles. The van der Waals surface area contributed by atoms with Crippen molar-refractivity contribution in [3.63, 3.8) is 0 Å². The van der Waals surface area contributed by atoms with E-state index in [-0.39, 0.29) is 11.9 Å². The SMILES string of the molecule is [2H]c1cn(-c2cccc(OC(F)(F)F)c2)nn1. The van der Waals surface area contributed by atoms with Gasteiger partial charge in [0.05, 0.1) is 19.4 Å². The van der Waals surface area contributed by atoms with E-state index in [1.807, 2.05) is 0 Å². The molecule has 1 aromatic heterocycles. The quantitative estimate of drug-likeness (QED) is 0.793. The molecular formula is C9H6F3N3O. The van der Waals surface area contributed by atoms with E-state index in [4.69, 9.17) is 1.37 Å². The lowest BCUT2D eigenvalue weighted by atomic mass is 10.3. The van der Waals surface area contributed by atoms with Crippen LogP contribution in [0, 0.1) is 0 Å². The fraction of sp³-hybridized carbons (Fsp3) is 0.111. The van der Waals surface area contributed by atoms with E-state index in [0.29, 0.717) is 5.69 Å². The Labute approximate surface area is 89.7 Å². The van der Waals surface area contributed by atoms with Crippen LogP contribution < -0.4 is 4.74 Å². The van der Waals surface area contributed by atoms with Crippen LogP contribution in [0.5, 0.6) is 5.75 Å². The third-order valence-electron chi connectivity index (χ3n) is 1.69. The summed E-state index contributed by atoms with van der Waals surface area (Å²) in [6, 6.07) is 5.25. The summed E-state index contributed by atoms with van der Waals surface area (Å²) in [5.74, 6) is -0.350. The third-order valence-corrected chi connectivity index (χ3v) is 1.69. The summed E-state index contributed by atoms with van der Waals surface area (Å²) in [7, 11) is 0. The molecule has 0 bridgehead atoms. The van der Waals surface area contributed by atoms with Gasteiger partial charge in [0.25, 0.3) is 0 Å². The van der Waals surface area contributed by atoms with Crippen molar-refractivity contribution in [1.82, 2.24) is 15.0 Å². The molecule has 0 aliphatic carbocycles. The fourth-order valence-electron chi connectivity index (χ4n) is 1.13. The molecular weight excluding hydrogens is 223 g/mol. The maximum absolute atomic E-state index is 12.0. The number of ether oxygens (including phenoxy) is 1. The first kappa shape index (κ1) is 9.20. The van der Waals surface area contributed by atoms with Gasteiger partial charge in [0.2, 0.25) is 0 Å². The van der Waals surface area contributed by atoms with Gasteiger partial charge >= 0.3 is 6.36 Å². The Bertz CT molecular complexity index is 526. The van der Waals surface area contributed by atoms with E-state index in [9.17, 15) is 13.2 Å². The smallest absolute Gasteiger partial charge is 0.406 e. The molecule has 0 unspecified atom stereocenters. The molecule has 0 saturated heterocycles. The molecule has 0 fully saturated rings. The summed E-state index contributed by atoms with van der Waals surface area (Å²) >= 11 is 0. The zero-order valence-electron chi connectivity index (χ0n) is 8.77. The maximum Gasteiger partial charge on any atom is 0.573 e. The molecule has 0 amide bonds. The summed E-state index contributed by atoms with van der Waals surface area (Å²) in [4.78, 5) is 0. The van der Waals surface area contributed by atoms with Crippen LogP contribution in [-0.4, -0.2) is 21.4 Å². The molecule has 1 heterocycles. The Hall–Kier alpha value is -2.05. The summed E-state index contributed by atoms with van der Waals surface area (Å²) in [5, 5.41) is 6.98. The van der Waals surface area contributed by atoms with Gasteiger partial charge in [-0.1, -0.05) is 11.3 Å². The molecule has 0 aliphatic heterocycles. The number of halogens is 3. The highest BCUT2D eigenvalue weighted by atomic mass is 19.4. The van der Waals surface area contributed by atoms with Gasteiger partial charge < -0.3 is 4.74 Å². The van der Waals surface area contributed by atoms with Gasteiger partial charge in [-0.15, -0.1) is 18.3 Å². The first-order valence-electron chi connectivity index (χ1n) is 4.69. The number of benzene rings is 1. The van der Waals surface area contributed by atoms with Crippen molar-refractivity contribution in [2.24, 2.45) is 0 Å². The van der Waals surface area contributed by atoms with Gasteiger partial charge in [-0.05, 0) is 12.1 Å². The number of nitrogens with zero attached hydrogens (tertiary/aromatic N) is 3. The van der Waals surface area contributed by atoms with Crippen molar-refractivity contribution >= 4 is 0 Å². The third kappa shape index (κ3) is 2.50. The average Bonchev–Trinajstić information content (AvgIpc) is 2.63. The minimum Gasteiger partial charge on any atom is -0.406 e. The molecule has 0 aliphatic rings. The molecule has 2 rings (SSSR count). The number of hydrogen-bond donors (Lipinski definition) is 0. The van der Waals surface area contributed by atoms with E-state index in [1.165, 1.54) is 29.1 Å². The van der Waals surface area contributed by atoms with E-state index in [1.54, 1.807) is 0 Å². The van der Waals surface area contributed by atoms with Gasteiger partial charge in [-0.25, -0.2) is 4.68 Å². The second kappa shape index (κ2) is 3.84. The average molecular weight is 230 g/mol. The summed E-state index contributed by atoms with van der Waals surface area (Å²) in [6.45, 7) is 0. The second-order valence-electron chi connectivity index (χ2n) is 2.84. The second-order valence-corrected chi connectivity index (χ2v) is 2.84. The van der Waals surface area contributed by atoms with Crippen LogP contribution >= 0.6 is 0 Å². The van der Waals surface area contributed by atoms with E-state index in [2.05, 4.69) is 15.0 Å². The predicted octanol–water partition coefficient (Wildman–Crippen LogP) is 2.17. The minimum absolute atomic E-state index is 0.0767. The molecule has 7 heteroatoms. The summed E-state index contributed by atoms with van der Waals surface area (Å²) < 4.78 is 48.1. The van der Waals surface area contributed by atoms with E-state index < -0.39 is 6.36 Å². The Morgan fingerprint density at radius 3 is 2.81 bits per heavy atom. The Morgan fingerprint density at radius 1 is 1.38 bits per heavy atom. The van der Waals surface area contributed by atoms with Crippen molar-refractivity contribution in [3.05, 3.63) is 36.6 Å². The molecule has 0 spiro atoms. The number of hydrogen-bond acceptors (Lipinski definition) is 3. The molecule has 2 aromatic rings. The lowest BCUT2D eigenvalue weighted by Gasteiger charge is -2.09. The first-order valence-corrected chi connectivity index (χ1v) is 4.19. The molecule has 0 N–H and O–H groups in total. The Balaban J connectivity index is 2.29. The van der Waals surface area contributed by atoms with Gasteiger partial charge in [-0.2, -0.15) is 0 Å². The van der Waals surface area contributed by atoms with Gasteiger partial charge in [0, 0.05) is 6.07 Å². The molecule has 84 valence electrons. The number of alkyl halides is 3. The first-order chi connectivity index (χ1) is 7.94. The van der Waals surface area contributed by atoms with E-state index >= 15 is 0 Å². The molecule has 0 saturated carbocycles. The van der Waals surface area contributed by atoms with Crippen LogP contribution in [0.15, 0.2) is 36.6 Å². The van der Waals surface area contributed by atoms with Gasteiger partial charge in [0.1, 0.15) is 5.75 Å². The van der Waals surface area contributed by atoms with Crippen molar-refractivity contribution in [1.29, 1.82) is 0 Å². The van der Waals surface area contributed by atoms with Crippen LogP contribution in [0.4, 0.5) is 13.2 Å².